The summed E-state index contributed by atoms with van der Waals surface area (Å²) < 4.78 is 43.0. The van der Waals surface area contributed by atoms with Crippen LogP contribution in [-0.2, 0) is 6.18 Å². The Hall–Kier alpha value is -0.970. The molecule has 6 heteroatoms. The van der Waals surface area contributed by atoms with Gasteiger partial charge in [0.25, 0.3) is 0 Å². The first-order chi connectivity index (χ1) is 8.45. The van der Waals surface area contributed by atoms with E-state index in [1.165, 1.54) is 0 Å². The Balaban J connectivity index is 2.05. The van der Waals surface area contributed by atoms with Gasteiger partial charge in [0.15, 0.2) is 0 Å². The molecule has 0 aliphatic heterocycles. The maximum absolute atomic E-state index is 12.5. The quantitative estimate of drug-likeness (QED) is 0.769. The molecule has 0 bridgehead atoms. The maximum Gasteiger partial charge on any atom is 0.416 e. The highest BCUT2D eigenvalue weighted by molar-refractivity contribution is 6.29. The van der Waals surface area contributed by atoms with E-state index in [0.29, 0.717) is 12.5 Å². The lowest BCUT2D eigenvalue weighted by atomic mass is 10.1. The molecule has 2 nitrogen and oxygen atoms in total. The molecular weight excluding hydrogens is 267 g/mol. The van der Waals surface area contributed by atoms with Crippen molar-refractivity contribution >= 4 is 11.6 Å². The standard InChI is InChI=1S/C12H13ClF3NO/c13-10-5-9(12(14,15)16)6-11(17-10)18-7-8-3-1-2-4-8/h5-6,8H,1-4,7H2. The van der Waals surface area contributed by atoms with Crippen molar-refractivity contribution in [3.05, 3.63) is 22.8 Å². The molecule has 1 aliphatic rings. The normalized spacial score (nSPS) is 17.1. The number of halogens is 4. The molecule has 0 radical (unpaired) electrons. The number of nitrogens with zero attached hydrogens (tertiary/aromatic N) is 1. The van der Waals surface area contributed by atoms with Crippen LogP contribution in [0, 0.1) is 5.92 Å². The fraction of sp³-hybridized carbons (Fsp3) is 0.583. The average molecular weight is 280 g/mol. The van der Waals surface area contributed by atoms with Crippen molar-refractivity contribution in [1.82, 2.24) is 4.98 Å². The van der Waals surface area contributed by atoms with Gasteiger partial charge in [-0.2, -0.15) is 13.2 Å². The first kappa shape index (κ1) is 13.5. The summed E-state index contributed by atoms with van der Waals surface area (Å²) in [4.78, 5) is 3.75. The topological polar surface area (TPSA) is 22.1 Å². The van der Waals surface area contributed by atoms with Gasteiger partial charge in [-0.3, -0.25) is 0 Å². The molecule has 0 atom stereocenters. The molecule has 1 saturated carbocycles. The third-order valence-corrected chi connectivity index (χ3v) is 3.23. The lowest BCUT2D eigenvalue weighted by molar-refractivity contribution is -0.137. The smallest absolute Gasteiger partial charge is 0.416 e. The number of alkyl halides is 3. The van der Waals surface area contributed by atoms with Crippen LogP contribution in [0.5, 0.6) is 5.88 Å². The molecule has 0 unspecified atom stereocenters. The number of ether oxygens (including phenoxy) is 1. The molecule has 0 amide bonds. The van der Waals surface area contributed by atoms with Crippen molar-refractivity contribution < 1.29 is 17.9 Å². The third kappa shape index (κ3) is 3.51. The number of aromatic nitrogens is 1. The Bertz CT molecular complexity index is 416. The van der Waals surface area contributed by atoms with Gasteiger partial charge in [-0.15, -0.1) is 0 Å². The zero-order valence-corrected chi connectivity index (χ0v) is 10.4. The summed E-state index contributed by atoms with van der Waals surface area (Å²) in [6, 6.07) is 1.69. The SMILES string of the molecule is FC(F)(F)c1cc(Cl)nc(OCC2CCCC2)c1. The van der Waals surface area contributed by atoms with Gasteiger partial charge in [0, 0.05) is 6.07 Å². The van der Waals surface area contributed by atoms with Crippen molar-refractivity contribution in [2.24, 2.45) is 5.92 Å². The Morgan fingerprint density at radius 3 is 2.56 bits per heavy atom. The van der Waals surface area contributed by atoms with Crippen molar-refractivity contribution in [3.63, 3.8) is 0 Å². The molecule has 0 saturated heterocycles. The Kier molecular flexibility index (Phi) is 4.00. The molecule has 100 valence electrons. The zero-order valence-electron chi connectivity index (χ0n) is 9.63. The maximum atomic E-state index is 12.5. The summed E-state index contributed by atoms with van der Waals surface area (Å²) in [5, 5.41) is -0.203. The third-order valence-electron chi connectivity index (χ3n) is 3.04. The summed E-state index contributed by atoms with van der Waals surface area (Å²) in [5.74, 6) is 0.363. The van der Waals surface area contributed by atoms with E-state index in [0.717, 1.165) is 37.8 Å². The highest BCUT2D eigenvalue weighted by atomic mass is 35.5. The summed E-state index contributed by atoms with van der Waals surface area (Å²) in [6.07, 6.45) is 0.00698. The van der Waals surface area contributed by atoms with Crippen LogP contribution in [0.1, 0.15) is 31.2 Å². The summed E-state index contributed by atoms with van der Waals surface area (Å²) in [5.41, 5.74) is -0.830. The van der Waals surface area contributed by atoms with Crippen LogP contribution in [0.4, 0.5) is 13.2 Å². The van der Waals surface area contributed by atoms with Crippen LogP contribution in [0.2, 0.25) is 5.15 Å². The Morgan fingerprint density at radius 2 is 1.94 bits per heavy atom. The average Bonchev–Trinajstić information content (AvgIpc) is 2.77. The summed E-state index contributed by atoms with van der Waals surface area (Å²) >= 11 is 5.56. The lowest BCUT2D eigenvalue weighted by Crippen LogP contribution is -2.11. The van der Waals surface area contributed by atoms with Gasteiger partial charge in [-0.1, -0.05) is 24.4 Å². The van der Waals surface area contributed by atoms with Gasteiger partial charge in [0.2, 0.25) is 5.88 Å². The number of hydrogen-bond acceptors (Lipinski definition) is 2. The highest BCUT2D eigenvalue weighted by Gasteiger charge is 2.32. The minimum atomic E-state index is -4.43. The Labute approximate surface area is 108 Å². The molecule has 1 heterocycles. The van der Waals surface area contributed by atoms with E-state index in [1.807, 2.05) is 0 Å². The van der Waals surface area contributed by atoms with E-state index in [-0.39, 0.29) is 11.0 Å². The van der Waals surface area contributed by atoms with Gasteiger partial charge >= 0.3 is 6.18 Å². The molecule has 1 aromatic heterocycles. The fourth-order valence-electron chi connectivity index (χ4n) is 2.09. The van der Waals surface area contributed by atoms with E-state index in [2.05, 4.69) is 4.98 Å². The fourth-order valence-corrected chi connectivity index (χ4v) is 2.29. The number of hydrogen-bond donors (Lipinski definition) is 0. The summed E-state index contributed by atoms with van der Waals surface area (Å²) in [7, 11) is 0. The first-order valence-corrected chi connectivity index (χ1v) is 6.20. The predicted molar refractivity (Wildman–Crippen MR) is 61.7 cm³/mol. The largest absolute Gasteiger partial charge is 0.477 e. The van der Waals surface area contributed by atoms with Crippen molar-refractivity contribution in [3.8, 4) is 5.88 Å². The molecule has 0 aromatic carbocycles. The summed E-state index contributed by atoms with van der Waals surface area (Å²) in [6.45, 7) is 0.407. The molecular formula is C12H13ClF3NO. The predicted octanol–water partition coefficient (Wildman–Crippen LogP) is 4.32. The Morgan fingerprint density at radius 1 is 1.28 bits per heavy atom. The van der Waals surface area contributed by atoms with E-state index in [1.54, 1.807) is 0 Å². The monoisotopic (exact) mass is 279 g/mol. The highest BCUT2D eigenvalue weighted by Crippen LogP contribution is 2.33. The van der Waals surface area contributed by atoms with Crippen molar-refractivity contribution in [1.29, 1.82) is 0 Å². The van der Waals surface area contributed by atoms with Gasteiger partial charge < -0.3 is 4.74 Å². The minimum absolute atomic E-state index is 0.0540. The van der Waals surface area contributed by atoms with Crippen LogP contribution in [-0.4, -0.2) is 11.6 Å². The molecule has 0 N–H and O–H groups in total. The van der Waals surface area contributed by atoms with E-state index in [9.17, 15) is 13.2 Å². The van der Waals surface area contributed by atoms with Gasteiger partial charge in [-0.05, 0) is 24.8 Å². The van der Waals surface area contributed by atoms with Crippen LogP contribution >= 0.6 is 11.6 Å². The van der Waals surface area contributed by atoms with Crippen LogP contribution in [0.25, 0.3) is 0 Å². The van der Waals surface area contributed by atoms with E-state index in [4.69, 9.17) is 16.3 Å². The lowest BCUT2D eigenvalue weighted by Gasteiger charge is -2.12. The van der Waals surface area contributed by atoms with Crippen LogP contribution in [0.15, 0.2) is 12.1 Å². The van der Waals surface area contributed by atoms with Gasteiger partial charge in [0.1, 0.15) is 5.15 Å². The van der Waals surface area contributed by atoms with Crippen molar-refractivity contribution in [2.45, 2.75) is 31.9 Å². The molecule has 2 rings (SSSR count). The van der Waals surface area contributed by atoms with E-state index < -0.39 is 11.7 Å². The second kappa shape index (κ2) is 5.34. The second-order valence-corrected chi connectivity index (χ2v) is 4.86. The van der Waals surface area contributed by atoms with Crippen LogP contribution < -0.4 is 4.74 Å². The van der Waals surface area contributed by atoms with E-state index >= 15 is 0 Å². The number of rotatable bonds is 3. The molecule has 1 fully saturated rings. The van der Waals surface area contributed by atoms with Crippen molar-refractivity contribution in [2.75, 3.05) is 6.61 Å². The first-order valence-electron chi connectivity index (χ1n) is 5.83. The molecule has 1 aromatic rings. The van der Waals surface area contributed by atoms with Gasteiger partial charge in [-0.25, -0.2) is 4.98 Å². The molecule has 1 aliphatic carbocycles. The zero-order chi connectivity index (χ0) is 13.2. The van der Waals surface area contributed by atoms with Crippen LogP contribution in [0.3, 0.4) is 0 Å². The number of pyridine rings is 1. The molecule has 0 spiro atoms. The minimum Gasteiger partial charge on any atom is -0.477 e. The molecule has 18 heavy (non-hydrogen) atoms. The second-order valence-electron chi connectivity index (χ2n) is 4.48. The van der Waals surface area contributed by atoms with Gasteiger partial charge in [0.05, 0.1) is 12.2 Å².